The Morgan fingerprint density at radius 1 is 1.35 bits per heavy atom. The maximum Gasteiger partial charge on any atom is 0.191 e. The molecule has 0 amide bonds. The molecule has 2 N–H and O–H groups in total. The van der Waals surface area contributed by atoms with Crippen LogP contribution in [0.15, 0.2) is 11.2 Å². The number of guanidine groups is 1. The average molecular weight is 453 g/mol. The summed E-state index contributed by atoms with van der Waals surface area (Å²) in [6.45, 7) is 11.1. The Bertz CT molecular complexity index is 459. The van der Waals surface area contributed by atoms with Gasteiger partial charge in [0, 0.05) is 30.2 Å². The topological polar surface area (TPSA) is 52.6 Å². The van der Waals surface area contributed by atoms with Crippen molar-refractivity contribution in [2.75, 3.05) is 27.2 Å². The summed E-state index contributed by atoms with van der Waals surface area (Å²) in [7, 11) is 4.27. The number of rotatable bonds is 8. The van der Waals surface area contributed by atoms with E-state index >= 15 is 0 Å². The van der Waals surface area contributed by atoms with Gasteiger partial charge in [0.25, 0.3) is 0 Å². The van der Waals surface area contributed by atoms with E-state index in [1.807, 2.05) is 6.20 Å². The minimum Gasteiger partial charge on any atom is -0.357 e. The molecule has 0 aromatic carbocycles. The lowest BCUT2D eigenvalue weighted by Gasteiger charge is -2.27. The van der Waals surface area contributed by atoms with Crippen molar-refractivity contribution in [1.82, 2.24) is 20.5 Å². The van der Waals surface area contributed by atoms with E-state index in [1.54, 1.807) is 11.3 Å². The van der Waals surface area contributed by atoms with Crippen LogP contribution in [0.4, 0.5) is 0 Å². The van der Waals surface area contributed by atoms with Crippen LogP contribution in [0.5, 0.6) is 0 Å². The summed E-state index contributed by atoms with van der Waals surface area (Å²) in [5.74, 6) is 1.55. The van der Waals surface area contributed by atoms with Crippen LogP contribution < -0.4 is 10.6 Å². The molecule has 0 aliphatic rings. The first kappa shape index (κ1) is 22.6. The molecule has 1 heterocycles. The van der Waals surface area contributed by atoms with Crippen LogP contribution in [0.3, 0.4) is 0 Å². The summed E-state index contributed by atoms with van der Waals surface area (Å²) < 4.78 is 0. The number of nitrogens with zero attached hydrogens (tertiary/aromatic N) is 3. The van der Waals surface area contributed by atoms with E-state index in [2.05, 4.69) is 67.3 Å². The smallest absolute Gasteiger partial charge is 0.191 e. The molecular formula is C16H32IN5S. The van der Waals surface area contributed by atoms with E-state index in [0.29, 0.717) is 18.5 Å². The van der Waals surface area contributed by atoms with Crippen molar-refractivity contribution >= 4 is 41.3 Å². The molecule has 0 fully saturated rings. The zero-order valence-electron chi connectivity index (χ0n) is 15.2. The summed E-state index contributed by atoms with van der Waals surface area (Å²) in [5, 5.41) is 7.82. The molecular weight excluding hydrogens is 421 g/mol. The van der Waals surface area contributed by atoms with Crippen molar-refractivity contribution in [1.29, 1.82) is 0 Å². The second kappa shape index (κ2) is 12.0. The minimum atomic E-state index is 0. The number of thiazole rings is 1. The molecule has 0 aliphatic heterocycles. The standard InChI is InChI=1S/C16H31N5S.HI/c1-7-17-16(20-11-15-18-9-13(4)22-15)19-10-14(21(5)6)8-12(2)3;/h9,12,14H,7-8,10-11H2,1-6H3,(H2,17,19,20);1H. The summed E-state index contributed by atoms with van der Waals surface area (Å²) in [4.78, 5) is 12.5. The third-order valence-electron chi connectivity index (χ3n) is 3.36. The van der Waals surface area contributed by atoms with E-state index in [9.17, 15) is 0 Å². The number of aromatic nitrogens is 1. The molecule has 0 spiro atoms. The Morgan fingerprint density at radius 3 is 2.52 bits per heavy atom. The van der Waals surface area contributed by atoms with Crippen molar-refractivity contribution in [3.05, 3.63) is 16.1 Å². The van der Waals surface area contributed by atoms with Crippen molar-refractivity contribution in [2.24, 2.45) is 10.9 Å². The van der Waals surface area contributed by atoms with Gasteiger partial charge in [-0.25, -0.2) is 9.98 Å². The summed E-state index contributed by atoms with van der Waals surface area (Å²) in [6.07, 6.45) is 3.08. The number of nitrogens with one attached hydrogen (secondary N) is 2. The van der Waals surface area contributed by atoms with Crippen LogP contribution in [-0.2, 0) is 6.54 Å². The van der Waals surface area contributed by atoms with E-state index in [0.717, 1.165) is 24.1 Å². The highest BCUT2D eigenvalue weighted by Crippen LogP contribution is 2.12. The van der Waals surface area contributed by atoms with Crippen LogP contribution >= 0.6 is 35.3 Å². The van der Waals surface area contributed by atoms with Gasteiger partial charge in [0.1, 0.15) is 5.01 Å². The van der Waals surface area contributed by atoms with Gasteiger partial charge in [-0.1, -0.05) is 13.8 Å². The van der Waals surface area contributed by atoms with Gasteiger partial charge < -0.3 is 15.5 Å². The van der Waals surface area contributed by atoms with Crippen molar-refractivity contribution in [3.8, 4) is 0 Å². The SMILES string of the molecule is CCNC(=NCc1ncc(C)s1)NCC(CC(C)C)N(C)C.I. The fourth-order valence-electron chi connectivity index (χ4n) is 2.20. The second-order valence-corrected chi connectivity index (χ2v) is 7.51. The Morgan fingerprint density at radius 2 is 2.04 bits per heavy atom. The molecule has 0 radical (unpaired) electrons. The third kappa shape index (κ3) is 9.46. The number of hydrogen-bond acceptors (Lipinski definition) is 4. The molecule has 1 unspecified atom stereocenters. The number of halogens is 1. The maximum absolute atomic E-state index is 4.63. The van der Waals surface area contributed by atoms with E-state index in [1.165, 1.54) is 11.3 Å². The van der Waals surface area contributed by atoms with Gasteiger partial charge in [0.2, 0.25) is 0 Å². The highest BCUT2D eigenvalue weighted by molar-refractivity contribution is 14.0. The molecule has 1 aromatic rings. The van der Waals surface area contributed by atoms with E-state index in [-0.39, 0.29) is 24.0 Å². The molecule has 23 heavy (non-hydrogen) atoms. The molecule has 7 heteroatoms. The molecule has 0 bridgehead atoms. The molecule has 1 rings (SSSR count). The summed E-state index contributed by atoms with van der Waals surface area (Å²) in [6, 6.07) is 0.506. The fourth-order valence-corrected chi connectivity index (χ4v) is 2.91. The second-order valence-electron chi connectivity index (χ2n) is 6.19. The molecule has 5 nitrogen and oxygen atoms in total. The van der Waals surface area contributed by atoms with Gasteiger partial charge in [-0.3, -0.25) is 0 Å². The zero-order valence-corrected chi connectivity index (χ0v) is 18.4. The first-order chi connectivity index (χ1) is 10.4. The molecule has 0 saturated heterocycles. The Hall–Kier alpha value is -0.410. The van der Waals surface area contributed by atoms with Crippen LogP contribution in [0.25, 0.3) is 0 Å². The Balaban J connectivity index is 0.00000484. The molecule has 0 aliphatic carbocycles. The Labute approximate surface area is 162 Å². The monoisotopic (exact) mass is 453 g/mol. The van der Waals surface area contributed by atoms with Crippen molar-refractivity contribution in [3.63, 3.8) is 0 Å². The molecule has 1 atom stereocenters. The highest BCUT2D eigenvalue weighted by Gasteiger charge is 2.13. The summed E-state index contributed by atoms with van der Waals surface area (Å²) in [5.41, 5.74) is 0. The molecule has 1 aromatic heterocycles. The van der Waals surface area contributed by atoms with Gasteiger partial charge in [0.05, 0.1) is 6.54 Å². The minimum absolute atomic E-state index is 0. The Kier molecular flexibility index (Phi) is 11.8. The first-order valence-electron chi connectivity index (χ1n) is 8.02. The van der Waals surface area contributed by atoms with Crippen LogP contribution in [0.2, 0.25) is 0 Å². The number of likely N-dealkylation sites (N-methyl/N-ethyl adjacent to an activating group) is 1. The predicted molar refractivity (Wildman–Crippen MR) is 112 cm³/mol. The van der Waals surface area contributed by atoms with E-state index < -0.39 is 0 Å². The highest BCUT2D eigenvalue weighted by atomic mass is 127. The van der Waals surface area contributed by atoms with Crippen molar-refractivity contribution in [2.45, 2.75) is 46.7 Å². The largest absolute Gasteiger partial charge is 0.357 e. The van der Waals surface area contributed by atoms with Crippen LogP contribution in [0, 0.1) is 12.8 Å². The summed E-state index contributed by atoms with van der Waals surface area (Å²) >= 11 is 1.70. The number of aliphatic imine (C=N–C) groups is 1. The van der Waals surface area contributed by atoms with Gasteiger partial charge in [-0.15, -0.1) is 35.3 Å². The molecule has 134 valence electrons. The third-order valence-corrected chi connectivity index (χ3v) is 4.26. The quantitative estimate of drug-likeness (QED) is 0.361. The van der Waals surface area contributed by atoms with Crippen LogP contribution in [-0.4, -0.2) is 49.1 Å². The lowest BCUT2D eigenvalue weighted by Crippen LogP contribution is -2.45. The van der Waals surface area contributed by atoms with Gasteiger partial charge in [-0.2, -0.15) is 0 Å². The van der Waals surface area contributed by atoms with Gasteiger partial charge in [0.15, 0.2) is 5.96 Å². The normalized spacial score (nSPS) is 13.1. The first-order valence-corrected chi connectivity index (χ1v) is 8.83. The predicted octanol–water partition coefficient (Wildman–Crippen LogP) is 3.10. The average Bonchev–Trinajstić information content (AvgIpc) is 2.85. The van der Waals surface area contributed by atoms with Crippen molar-refractivity contribution < 1.29 is 0 Å². The maximum atomic E-state index is 4.63. The van der Waals surface area contributed by atoms with Gasteiger partial charge >= 0.3 is 0 Å². The van der Waals surface area contributed by atoms with E-state index in [4.69, 9.17) is 0 Å². The van der Waals surface area contributed by atoms with Gasteiger partial charge in [-0.05, 0) is 40.3 Å². The number of hydrogen-bond donors (Lipinski definition) is 2. The molecule has 0 saturated carbocycles. The lowest BCUT2D eigenvalue weighted by molar-refractivity contribution is 0.254. The lowest BCUT2D eigenvalue weighted by atomic mass is 10.0. The number of aryl methyl sites for hydroxylation is 1. The van der Waals surface area contributed by atoms with Crippen LogP contribution in [0.1, 0.15) is 37.1 Å². The fraction of sp³-hybridized carbons (Fsp3) is 0.750. The zero-order chi connectivity index (χ0) is 16.5.